The summed E-state index contributed by atoms with van der Waals surface area (Å²) < 4.78 is 0. The SMILES string of the molecule is Cc1cc(N2CCCCC2)c([N+](=O)[O-])cc1C(=O)O. The maximum absolute atomic E-state index is 11.1. The number of carboxylic acid groups (broad SMARTS) is 1. The number of benzene rings is 1. The van der Waals surface area contributed by atoms with Crippen LogP contribution in [-0.2, 0) is 0 Å². The lowest BCUT2D eigenvalue weighted by Gasteiger charge is -2.28. The van der Waals surface area contributed by atoms with Crippen LogP contribution in [0, 0.1) is 17.0 Å². The summed E-state index contributed by atoms with van der Waals surface area (Å²) in [6.07, 6.45) is 3.16. The summed E-state index contributed by atoms with van der Waals surface area (Å²) in [6.45, 7) is 3.24. The predicted octanol–water partition coefficient (Wildman–Crippen LogP) is 2.59. The number of carbonyl (C=O) groups is 1. The van der Waals surface area contributed by atoms with Gasteiger partial charge in [-0.05, 0) is 37.8 Å². The number of aryl methyl sites for hydroxylation is 1. The van der Waals surface area contributed by atoms with Crippen LogP contribution in [0.1, 0.15) is 35.2 Å². The normalized spacial score (nSPS) is 15.3. The fraction of sp³-hybridized carbons (Fsp3) is 0.462. The van der Waals surface area contributed by atoms with Gasteiger partial charge in [0.15, 0.2) is 0 Å². The molecule has 0 amide bonds. The maximum Gasteiger partial charge on any atom is 0.336 e. The van der Waals surface area contributed by atoms with E-state index in [0.29, 0.717) is 11.3 Å². The van der Waals surface area contributed by atoms with Gasteiger partial charge in [-0.3, -0.25) is 10.1 Å². The standard InChI is InChI=1S/C13H16N2O4/c1-9-7-11(14-5-3-2-4-6-14)12(15(18)19)8-10(9)13(16)17/h7-8H,2-6H2,1H3,(H,16,17). The number of carboxylic acids is 1. The number of aromatic carboxylic acids is 1. The summed E-state index contributed by atoms with van der Waals surface area (Å²) in [6, 6.07) is 2.79. The second kappa shape index (κ2) is 5.26. The van der Waals surface area contributed by atoms with Crippen molar-refractivity contribution >= 4 is 17.3 Å². The molecule has 1 aliphatic heterocycles. The smallest absolute Gasteiger partial charge is 0.336 e. The molecule has 1 aromatic carbocycles. The molecule has 102 valence electrons. The van der Waals surface area contributed by atoms with Gasteiger partial charge >= 0.3 is 5.97 Å². The molecule has 0 aromatic heterocycles. The Bertz CT molecular complexity index is 522. The molecule has 6 nitrogen and oxygen atoms in total. The molecule has 19 heavy (non-hydrogen) atoms. The minimum Gasteiger partial charge on any atom is -0.478 e. The Morgan fingerprint density at radius 2 is 1.95 bits per heavy atom. The van der Waals surface area contributed by atoms with Crippen molar-refractivity contribution in [1.82, 2.24) is 0 Å². The minimum atomic E-state index is -1.13. The molecule has 0 spiro atoms. The maximum atomic E-state index is 11.1. The molecule has 0 bridgehead atoms. The van der Waals surface area contributed by atoms with Gasteiger partial charge in [-0.1, -0.05) is 0 Å². The molecule has 0 unspecified atom stereocenters. The third-order valence-corrected chi connectivity index (χ3v) is 3.45. The second-order valence-corrected chi connectivity index (χ2v) is 4.77. The first-order valence-corrected chi connectivity index (χ1v) is 6.28. The summed E-state index contributed by atoms with van der Waals surface area (Å²) in [5.41, 5.74) is 0.961. The largest absolute Gasteiger partial charge is 0.478 e. The first kappa shape index (κ1) is 13.3. The van der Waals surface area contributed by atoms with Crippen molar-refractivity contribution in [3.8, 4) is 0 Å². The Labute approximate surface area is 110 Å². The van der Waals surface area contributed by atoms with Crippen LogP contribution in [0.2, 0.25) is 0 Å². The average molecular weight is 264 g/mol. The summed E-state index contributed by atoms with van der Waals surface area (Å²) in [4.78, 5) is 23.7. The fourth-order valence-electron chi connectivity index (χ4n) is 2.45. The van der Waals surface area contributed by atoms with Gasteiger partial charge in [0.05, 0.1) is 10.5 Å². The van der Waals surface area contributed by atoms with Crippen molar-refractivity contribution in [2.24, 2.45) is 0 Å². The lowest BCUT2D eigenvalue weighted by Crippen LogP contribution is -2.30. The minimum absolute atomic E-state index is 0.00698. The number of nitro benzene ring substituents is 1. The molecule has 1 aliphatic rings. The third kappa shape index (κ3) is 2.67. The molecule has 0 aliphatic carbocycles. The lowest BCUT2D eigenvalue weighted by atomic mass is 10.0. The Morgan fingerprint density at radius 1 is 1.32 bits per heavy atom. The topological polar surface area (TPSA) is 83.7 Å². The molecule has 6 heteroatoms. The van der Waals surface area contributed by atoms with E-state index >= 15 is 0 Å². The molecule has 0 saturated carbocycles. The number of nitro groups is 1. The monoisotopic (exact) mass is 264 g/mol. The van der Waals surface area contributed by atoms with Crippen LogP contribution < -0.4 is 4.90 Å². The number of piperidine rings is 1. The Morgan fingerprint density at radius 3 is 2.47 bits per heavy atom. The van der Waals surface area contributed by atoms with Gasteiger partial charge in [0.25, 0.3) is 5.69 Å². The molecular weight excluding hydrogens is 248 g/mol. The van der Waals surface area contributed by atoms with E-state index in [4.69, 9.17) is 5.11 Å². The zero-order chi connectivity index (χ0) is 14.0. The van der Waals surface area contributed by atoms with Crippen LogP contribution in [0.3, 0.4) is 0 Å². The highest BCUT2D eigenvalue weighted by molar-refractivity contribution is 5.91. The van der Waals surface area contributed by atoms with Gasteiger partial charge in [-0.25, -0.2) is 4.79 Å². The number of hydrogen-bond acceptors (Lipinski definition) is 4. The van der Waals surface area contributed by atoms with Crippen LogP contribution in [0.15, 0.2) is 12.1 Å². The van der Waals surface area contributed by atoms with Crippen molar-refractivity contribution < 1.29 is 14.8 Å². The summed E-state index contributed by atoms with van der Waals surface area (Å²) in [5.74, 6) is -1.13. The van der Waals surface area contributed by atoms with Gasteiger partial charge in [0.1, 0.15) is 5.69 Å². The number of hydrogen-bond donors (Lipinski definition) is 1. The van der Waals surface area contributed by atoms with Crippen LogP contribution in [-0.4, -0.2) is 29.1 Å². The molecular formula is C13H16N2O4. The van der Waals surface area contributed by atoms with Crippen molar-refractivity contribution in [2.45, 2.75) is 26.2 Å². The van der Waals surface area contributed by atoms with Crippen molar-refractivity contribution in [3.63, 3.8) is 0 Å². The third-order valence-electron chi connectivity index (χ3n) is 3.45. The van der Waals surface area contributed by atoms with Crippen LogP contribution in [0.25, 0.3) is 0 Å². The molecule has 1 fully saturated rings. The highest BCUT2D eigenvalue weighted by Crippen LogP contribution is 2.33. The van der Waals surface area contributed by atoms with Gasteiger partial charge in [0.2, 0.25) is 0 Å². The highest BCUT2D eigenvalue weighted by atomic mass is 16.6. The lowest BCUT2D eigenvalue weighted by molar-refractivity contribution is -0.384. The van der Waals surface area contributed by atoms with Crippen molar-refractivity contribution in [2.75, 3.05) is 18.0 Å². The zero-order valence-corrected chi connectivity index (χ0v) is 10.8. The fourth-order valence-corrected chi connectivity index (χ4v) is 2.45. The number of anilines is 1. The summed E-state index contributed by atoms with van der Waals surface area (Å²) in [5, 5.41) is 20.2. The Hall–Kier alpha value is -2.11. The Balaban J connectivity index is 2.49. The average Bonchev–Trinajstić information content (AvgIpc) is 2.38. The molecule has 0 radical (unpaired) electrons. The first-order chi connectivity index (χ1) is 9.00. The summed E-state index contributed by atoms with van der Waals surface area (Å²) in [7, 11) is 0. The van der Waals surface area contributed by atoms with Gasteiger partial charge in [0, 0.05) is 19.2 Å². The molecule has 0 atom stereocenters. The van der Waals surface area contributed by atoms with Crippen molar-refractivity contribution in [1.29, 1.82) is 0 Å². The van der Waals surface area contributed by atoms with Crippen LogP contribution in [0.5, 0.6) is 0 Å². The highest BCUT2D eigenvalue weighted by Gasteiger charge is 2.24. The molecule has 1 heterocycles. The molecule has 2 rings (SSSR count). The number of nitrogens with zero attached hydrogens (tertiary/aromatic N) is 2. The van der Waals surface area contributed by atoms with Gasteiger partial charge < -0.3 is 10.0 Å². The van der Waals surface area contributed by atoms with E-state index in [1.54, 1.807) is 13.0 Å². The predicted molar refractivity (Wildman–Crippen MR) is 70.9 cm³/mol. The number of rotatable bonds is 3. The van der Waals surface area contributed by atoms with E-state index in [2.05, 4.69) is 0 Å². The van der Waals surface area contributed by atoms with Gasteiger partial charge in [-0.2, -0.15) is 0 Å². The zero-order valence-electron chi connectivity index (χ0n) is 10.8. The van der Waals surface area contributed by atoms with Crippen LogP contribution in [0.4, 0.5) is 11.4 Å². The van der Waals surface area contributed by atoms with E-state index in [-0.39, 0.29) is 11.3 Å². The van der Waals surface area contributed by atoms with E-state index < -0.39 is 10.9 Å². The quantitative estimate of drug-likeness (QED) is 0.670. The van der Waals surface area contributed by atoms with E-state index in [0.717, 1.165) is 32.4 Å². The Kier molecular flexibility index (Phi) is 3.69. The summed E-state index contributed by atoms with van der Waals surface area (Å²) >= 11 is 0. The molecule has 1 saturated heterocycles. The van der Waals surface area contributed by atoms with E-state index in [9.17, 15) is 14.9 Å². The second-order valence-electron chi connectivity index (χ2n) is 4.77. The molecule has 1 aromatic rings. The van der Waals surface area contributed by atoms with Gasteiger partial charge in [-0.15, -0.1) is 0 Å². The first-order valence-electron chi connectivity index (χ1n) is 6.28. The van der Waals surface area contributed by atoms with Crippen LogP contribution >= 0.6 is 0 Å². The van der Waals surface area contributed by atoms with Crippen molar-refractivity contribution in [3.05, 3.63) is 33.4 Å². The molecule has 1 N–H and O–H groups in total. The van der Waals surface area contributed by atoms with E-state index in [1.165, 1.54) is 6.07 Å². The van der Waals surface area contributed by atoms with E-state index in [1.807, 2.05) is 4.90 Å².